The molecule has 0 atom stereocenters. The summed E-state index contributed by atoms with van der Waals surface area (Å²) in [5.41, 5.74) is 0. The molecular formula is C6H10Cl2O4. The van der Waals surface area contributed by atoms with E-state index in [9.17, 15) is 4.79 Å². The van der Waals surface area contributed by atoms with E-state index in [1.54, 1.807) is 0 Å². The molecule has 0 aromatic rings. The maximum absolute atomic E-state index is 10.6. The molecule has 4 nitrogen and oxygen atoms in total. The topological polar surface area (TPSA) is 55.8 Å². The summed E-state index contributed by atoms with van der Waals surface area (Å²) in [7, 11) is 0. The molecule has 72 valence electrons. The van der Waals surface area contributed by atoms with Crippen LogP contribution in [0.5, 0.6) is 0 Å². The number of hydrogen-bond donors (Lipinski definition) is 1. The number of carbonyl (C=O) groups is 1. The highest BCUT2D eigenvalue weighted by molar-refractivity contribution is 6.52. The average molecular weight is 217 g/mol. The van der Waals surface area contributed by atoms with Crippen LogP contribution >= 0.6 is 23.2 Å². The normalized spacial score (nSPS) is 10.3. The molecule has 6 heteroatoms. The van der Waals surface area contributed by atoms with Gasteiger partial charge in [0.05, 0.1) is 19.8 Å². The van der Waals surface area contributed by atoms with E-state index in [2.05, 4.69) is 4.74 Å². The summed E-state index contributed by atoms with van der Waals surface area (Å²) in [4.78, 5) is 9.43. The first-order valence-corrected chi connectivity index (χ1v) is 4.19. The van der Waals surface area contributed by atoms with Gasteiger partial charge >= 0.3 is 5.97 Å². The van der Waals surface area contributed by atoms with Crippen molar-refractivity contribution < 1.29 is 19.4 Å². The Hall–Kier alpha value is -0.0300. The summed E-state index contributed by atoms with van der Waals surface area (Å²) < 4.78 is 9.34. The number of aliphatic hydroxyl groups is 1. The molecule has 0 aromatic heterocycles. The van der Waals surface area contributed by atoms with Gasteiger partial charge in [-0.2, -0.15) is 0 Å². The van der Waals surface area contributed by atoms with Crippen LogP contribution in [0.15, 0.2) is 0 Å². The Morgan fingerprint density at radius 2 is 2.00 bits per heavy atom. The van der Waals surface area contributed by atoms with E-state index in [1.165, 1.54) is 0 Å². The smallest absolute Gasteiger partial charge is 0.339 e. The molecule has 0 unspecified atom stereocenters. The lowest BCUT2D eigenvalue weighted by Gasteiger charge is -2.04. The van der Waals surface area contributed by atoms with Crippen molar-refractivity contribution in [1.82, 2.24) is 0 Å². The SMILES string of the molecule is O=C(OCCOCCO)C(Cl)Cl. The van der Waals surface area contributed by atoms with Crippen LogP contribution in [-0.4, -0.2) is 42.3 Å². The van der Waals surface area contributed by atoms with E-state index in [0.29, 0.717) is 0 Å². The average Bonchev–Trinajstić information content (AvgIpc) is 2.03. The van der Waals surface area contributed by atoms with Crippen molar-refractivity contribution >= 4 is 29.2 Å². The van der Waals surface area contributed by atoms with Gasteiger partial charge in [-0.3, -0.25) is 0 Å². The highest BCUT2D eigenvalue weighted by atomic mass is 35.5. The minimum absolute atomic E-state index is 0.0540. The van der Waals surface area contributed by atoms with Crippen molar-refractivity contribution in [2.24, 2.45) is 0 Å². The zero-order valence-electron chi connectivity index (χ0n) is 6.33. The molecule has 0 radical (unpaired) electrons. The fourth-order valence-corrected chi connectivity index (χ4v) is 0.557. The highest BCUT2D eigenvalue weighted by Crippen LogP contribution is 2.03. The minimum atomic E-state index is -1.15. The Labute approximate surface area is 80.4 Å². The Balaban J connectivity index is 3.14. The van der Waals surface area contributed by atoms with Crippen LogP contribution in [0, 0.1) is 0 Å². The van der Waals surface area contributed by atoms with Crippen molar-refractivity contribution in [3.05, 3.63) is 0 Å². The lowest BCUT2D eigenvalue weighted by atomic mass is 10.7. The quantitative estimate of drug-likeness (QED) is 0.396. The lowest BCUT2D eigenvalue weighted by Crippen LogP contribution is -2.16. The van der Waals surface area contributed by atoms with E-state index >= 15 is 0 Å². The number of aliphatic hydroxyl groups excluding tert-OH is 1. The Morgan fingerprint density at radius 1 is 1.33 bits per heavy atom. The third-order valence-electron chi connectivity index (χ3n) is 0.886. The van der Waals surface area contributed by atoms with Crippen molar-refractivity contribution in [3.8, 4) is 0 Å². The molecule has 0 saturated heterocycles. The van der Waals surface area contributed by atoms with Gasteiger partial charge in [0.25, 0.3) is 0 Å². The van der Waals surface area contributed by atoms with E-state index in [0.717, 1.165) is 0 Å². The molecule has 0 spiro atoms. The number of hydrogen-bond acceptors (Lipinski definition) is 4. The third-order valence-corrected chi connectivity index (χ3v) is 1.24. The van der Waals surface area contributed by atoms with Crippen LogP contribution in [0.1, 0.15) is 0 Å². The van der Waals surface area contributed by atoms with Gasteiger partial charge in [-0.05, 0) is 0 Å². The second kappa shape index (κ2) is 7.61. The zero-order valence-corrected chi connectivity index (χ0v) is 7.85. The molecule has 0 aliphatic heterocycles. The van der Waals surface area contributed by atoms with Crippen molar-refractivity contribution in [1.29, 1.82) is 0 Å². The monoisotopic (exact) mass is 216 g/mol. The second-order valence-corrected chi connectivity index (χ2v) is 2.90. The largest absolute Gasteiger partial charge is 0.461 e. The van der Waals surface area contributed by atoms with Gasteiger partial charge < -0.3 is 14.6 Å². The predicted molar refractivity (Wildman–Crippen MR) is 44.4 cm³/mol. The van der Waals surface area contributed by atoms with E-state index in [-0.39, 0.29) is 26.4 Å². The Morgan fingerprint density at radius 3 is 2.50 bits per heavy atom. The van der Waals surface area contributed by atoms with Crippen molar-refractivity contribution in [3.63, 3.8) is 0 Å². The minimum Gasteiger partial charge on any atom is -0.461 e. The second-order valence-electron chi connectivity index (χ2n) is 1.80. The van der Waals surface area contributed by atoms with Crippen LogP contribution in [0.25, 0.3) is 0 Å². The van der Waals surface area contributed by atoms with Crippen LogP contribution in [0.3, 0.4) is 0 Å². The van der Waals surface area contributed by atoms with E-state index in [1.807, 2.05) is 0 Å². The molecule has 12 heavy (non-hydrogen) atoms. The number of ether oxygens (including phenoxy) is 2. The Kier molecular flexibility index (Phi) is 7.59. The summed E-state index contributed by atoms with van der Waals surface area (Å²) in [6, 6.07) is 0. The van der Waals surface area contributed by atoms with Gasteiger partial charge in [0, 0.05) is 0 Å². The lowest BCUT2D eigenvalue weighted by molar-refractivity contribution is -0.143. The van der Waals surface area contributed by atoms with Crippen LogP contribution in [0.2, 0.25) is 0 Å². The van der Waals surface area contributed by atoms with Crippen LogP contribution in [-0.2, 0) is 14.3 Å². The fourth-order valence-electron chi connectivity index (χ4n) is 0.431. The Bertz CT molecular complexity index is 129. The number of esters is 1. The van der Waals surface area contributed by atoms with Crippen LogP contribution in [0.4, 0.5) is 0 Å². The molecule has 0 rings (SSSR count). The van der Waals surface area contributed by atoms with Crippen molar-refractivity contribution in [2.75, 3.05) is 26.4 Å². The number of carbonyl (C=O) groups excluding carboxylic acids is 1. The molecule has 0 amide bonds. The third kappa shape index (κ3) is 6.67. The molecule has 0 aliphatic rings. The number of rotatable bonds is 6. The predicted octanol–water partition coefficient (Wildman–Crippen LogP) is 0.342. The summed E-state index contributed by atoms with van der Waals surface area (Å²) in [6.07, 6.45) is 0. The molecule has 1 N–H and O–H groups in total. The molecular weight excluding hydrogens is 207 g/mol. The molecule has 0 heterocycles. The standard InChI is InChI=1S/C6H10Cl2O4/c7-5(8)6(10)12-4-3-11-2-1-9/h5,9H,1-4H2. The zero-order chi connectivity index (χ0) is 9.40. The first-order valence-electron chi connectivity index (χ1n) is 3.32. The molecule has 0 aliphatic carbocycles. The van der Waals surface area contributed by atoms with Gasteiger partial charge in [-0.1, -0.05) is 23.2 Å². The fraction of sp³-hybridized carbons (Fsp3) is 0.833. The first kappa shape index (κ1) is 12.0. The maximum atomic E-state index is 10.6. The highest BCUT2D eigenvalue weighted by Gasteiger charge is 2.11. The van der Waals surface area contributed by atoms with Crippen molar-refractivity contribution in [2.45, 2.75) is 4.84 Å². The summed E-state index contributed by atoms with van der Waals surface area (Å²) in [5, 5.41) is 8.29. The first-order chi connectivity index (χ1) is 5.68. The molecule has 0 aromatic carbocycles. The van der Waals surface area contributed by atoms with Gasteiger partial charge in [-0.25, -0.2) is 4.79 Å². The summed E-state index contributed by atoms with van der Waals surface area (Å²) >= 11 is 10.4. The molecule has 0 fully saturated rings. The number of alkyl halides is 2. The molecule has 0 saturated carbocycles. The number of halogens is 2. The van der Waals surface area contributed by atoms with E-state index < -0.39 is 10.8 Å². The van der Waals surface area contributed by atoms with Gasteiger partial charge in [-0.15, -0.1) is 0 Å². The summed E-state index contributed by atoms with van der Waals surface area (Å²) in [6.45, 7) is 0.492. The summed E-state index contributed by atoms with van der Waals surface area (Å²) in [5.74, 6) is -0.689. The van der Waals surface area contributed by atoms with Crippen LogP contribution < -0.4 is 0 Å². The maximum Gasteiger partial charge on any atom is 0.339 e. The van der Waals surface area contributed by atoms with Gasteiger partial charge in [0.2, 0.25) is 4.84 Å². The van der Waals surface area contributed by atoms with Gasteiger partial charge in [0.1, 0.15) is 6.61 Å². The van der Waals surface area contributed by atoms with Gasteiger partial charge in [0.15, 0.2) is 0 Å². The molecule has 0 bridgehead atoms. The van der Waals surface area contributed by atoms with E-state index in [4.69, 9.17) is 33.0 Å².